The van der Waals surface area contributed by atoms with Crippen molar-refractivity contribution < 1.29 is 9.34 Å². The van der Waals surface area contributed by atoms with Gasteiger partial charge in [-0.1, -0.05) is 36.3 Å². The van der Waals surface area contributed by atoms with Crippen molar-refractivity contribution in [3.63, 3.8) is 0 Å². The fraction of sp³-hybridized carbons (Fsp3) is 0.300. The monoisotopic (exact) mass is 400 g/mol. The van der Waals surface area contributed by atoms with Crippen LogP contribution < -0.4 is 16.0 Å². The molecule has 8 heteroatoms. The molecule has 1 heterocycles. The molecule has 0 aliphatic rings. The van der Waals surface area contributed by atoms with Gasteiger partial charge in [-0.15, -0.1) is 6.42 Å². The number of furan rings is 1. The van der Waals surface area contributed by atoms with E-state index in [1.807, 2.05) is 30.3 Å². The molecule has 2 rings (SSSR count). The minimum absolute atomic E-state index is 0.229. The summed E-state index contributed by atoms with van der Waals surface area (Å²) in [6.07, 6.45) is 6.03. The number of benzene rings is 1. The highest BCUT2D eigenvalue weighted by molar-refractivity contribution is 7.98. The third-order valence-electron chi connectivity index (χ3n) is 3.61. The van der Waals surface area contributed by atoms with Crippen molar-refractivity contribution in [1.29, 1.82) is 0 Å². The summed E-state index contributed by atoms with van der Waals surface area (Å²) in [6.45, 7) is 2.28. The SMILES string of the molecule is C#CCNC(=C[N+](=O)[O-])NCCSCc1ccc(CNCc2ccccc2)o1. The maximum atomic E-state index is 10.6. The third kappa shape index (κ3) is 8.66. The fourth-order valence-corrected chi connectivity index (χ4v) is 3.10. The molecule has 0 amide bonds. The van der Waals surface area contributed by atoms with Crippen molar-refractivity contribution in [2.75, 3.05) is 18.8 Å². The van der Waals surface area contributed by atoms with Gasteiger partial charge in [0.25, 0.3) is 6.20 Å². The lowest BCUT2D eigenvalue weighted by molar-refractivity contribution is -0.404. The number of thioether (sulfide) groups is 1. The van der Waals surface area contributed by atoms with Crippen LogP contribution in [0.5, 0.6) is 0 Å². The van der Waals surface area contributed by atoms with Crippen LogP contribution in [0.25, 0.3) is 0 Å². The minimum Gasteiger partial charge on any atom is -0.464 e. The summed E-state index contributed by atoms with van der Waals surface area (Å²) in [7, 11) is 0. The van der Waals surface area contributed by atoms with Gasteiger partial charge in [0.1, 0.15) is 11.5 Å². The van der Waals surface area contributed by atoms with Crippen LogP contribution in [0.2, 0.25) is 0 Å². The molecule has 28 heavy (non-hydrogen) atoms. The molecule has 0 atom stereocenters. The topological polar surface area (TPSA) is 92.4 Å². The summed E-state index contributed by atoms with van der Waals surface area (Å²) in [5.41, 5.74) is 1.24. The number of nitrogens with zero attached hydrogens (tertiary/aromatic N) is 1. The highest BCUT2D eigenvalue weighted by Gasteiger charge is 2.04. The summed E-state index contributed by atoms with van der Waals surface area (Å²) < 4.78 is 5.82. The van der Waals surface area contributed by atoms with E-state index in [9.17, 15) is 10.1 Å². The first-order chi connectivity index (χ1) is 13.7. The van der Waals surface area contributed by atoms with Crippen LogP contribution in [0.3, 0.4) is 0 Å². The number of nitrogens with one attached hydrogen (secondary N) is 3. The van der Waals surface area contributed by atoms with Crippen molar-refractivity contribution >= 4 is 11.8 Å². The molecule has 0 spiro atoms. The van der Waals surface area contributed by atoms with Crippen molar-refractivity contribution in [3.05, 3.63) is 81.7 Å². The Hall–Kier alpha value is -2.89. The van der Waals surface area contributed by atoms with Crippen LogP contribution in [0, 0.1) is 22.5 Å². The average Bonchev–Trinajstić information content (AvgIpc) is 3.13. The van der Waals surface area contributed by atoms with E-state index < -0.39 is 4.92 Å². The molecular formula is C20H24N4O3S. The average molecular weight is 401 g/mol. The molecule has 0 radical (unpaired) electrons. The van der Waals surface area contributed by atoms with Crippen molar-refractivity contribution in [1.82, 2.24) is 16.0 Å². The number of hydrogen-bond donors (Lipinski definition) is 3. The van der Waals surface area contributed by atoms with Gasteiger partial charge in [-0.25, -0.2) is 0 Å². The molecule has 0 saturated heterocycles. The van der Waals surface area contributed by atoms with Crippen molar-refractivity contribution in [2.45, 2.75) is 18.8 Å². The van der Waals surface area contributed by atoms with Gasteiger partial charge in [0.15, 0.2) is 5.82 Å². The zero-order chi connectivity index (χ0) is 20.0. The van der Waals surface area contributed by atoms with Crippen LogP contribution in [0.15, 0.2) is 58.9 Å². The Kier molecular flexibility index (Phi) is 9.55. The van der Waals surface area contributed by atoms with E-state index in [4.69, 9.17) is 10.8 Å². The first-order valence-electron chi connectivity index (χ1n) is 8.84. The zero-order valence-electron chi connectivity index (χ0n) is 15.5. The maximum Gasteiger partial charge on any atom is 0.274 e. The number of hydrogen-bond acceptors (Lipinski definition) is 7. The smallest absolute Gasteiger partial charge is 0.274 e. The van der Waals surface area contributed by atoms with E-state index in [-0.39, 0.29) is 6.54 Å². The van der Waals surface area contributed by atoms with E-state index in [2.05, 4.69) is 34.0 Å². The molecule has 0 unspecified atom stereocenters. The van der Waals surface area contributed by atoms with E-state index in [1.165, 1.54) is 5.56 Å². The van der Waals surface area contributed by atoms with Crippen molar-refractivity contribution in [3.8, 4) is 12.3 Å². The second-order valence-corrected chi connectivity index (χ2v) is 6.93. The first-order valence-corrected chi connectivity index (χ1v) is 9.99. The van der Waals surface area contributed by atoms with Gasteiger partial charge in [-0.3, -0.25) is 10.1 Å². The quantitative estimate of drug-likeness (QED) is 0.206. The molecule has 1 aromatic carbocycles. The third-order valence-corrected chi connectivity index (χ3v) is 4.59. The summed E-state index contributed by atoms with van der Waals surface area (Å²) in [5, 5.41) is 19.7. The lowest BCUT2D eigenvalue weighted by Gasteiger charge is -2.08. The van der Waals surface area contributed by atoms with Gasteiger partial charge >= 0.3 is 0 Å². The van der Waals surface area contributed by atoms with E-state index in [1.54, 1.807) is 11.8 Å². The molecule has 7 nitrogen and oxygen atoms in total. The zero-order valence-corrected chi connectivity index (χ0v) is 16.3. The van der Waals surface area contributed by atoms with Crippen LogP contribution in [-0.4, -0.2) is 23.8 Å². The van der Waals surface area contributed by atoms with Gasteiger partial charge < -0.3 is 20.4 Å². The summed E-state index contributed by atoms with van der Waals surface area (Å²) in [6, 6.07) is 14.2. The van der Waals surface area contributed by atoms with Crippen molar-refractivity contribution in [2.24, 2.45) is 0 Å². The lowest BCUT2D eigenvalue weighted by atomic mass is 10.2. The molecule has 0 fully saturated rings. The molecule has 1 aromatic heterocycles. The standard InChI is InChI=1S/C20H24N4O3S/c1-2-10-22-20(15-24(25)26)23-11-12-28-16-19-9-8-18(27-19)14-21-13-17-6-4-3-5-7-17/h1,3-9,15,21-23H,10-14,16H2. The highest BCUT2D eigenvalue weighted by atomic mass is 32.2. The molecule has 0 saturated carbocycles. The molecule has 0 bridgehead atoms. The Labute approximate surface area is 169 Å². The van der Waals surface area contributed by atoms with Gasteiger partial charge in [-0.2, -0.15) is 11.8 Å². The largest absolute Gasteiger partial charge is 0.464 e. The minimum atomic E-state index is -0.519. The molecule has 2 aromatic rings. The second kappa shape index (κ2) is 12.5. The van der Waals surface area contributed by atoms with Crippen LogP contribution in [0.4, 0.5) is 0 Å². The molecular weight excluding hydrogens is 376 g/mol. The van der Waals surface area contributed by atoms with Crippen LogP contribution in [0.1, 0.15) is 17.1 Å². The number of nitro groups is 1. The first kappa shape index (κ1) is 21.4. The Bertz CT molecular complexity index is 799. The Morgan fingerprint density at radius 1 is 1.18 bits per heavy atom. The van der Waals surface area contributed by atoms with E-state index in [0.717, 1.165) is 35.8 Å². The number of terminal acetylenes is 1. The number of rotatable bonds is 13. The predicted octanol–water partition coefficient (Wildman–Crippen LogP) is 2.69. The van der Waals surface area contributed by atoms with E-state index >= 15 is 0 Å². The Balaban J connectivity index is 1.63. The maximum absolute atomic E-state index is 10.6. The Morgan fingerprint density at radius 3 is 2.71 bits per heavy atom. The summed E-state index contributed by atoms with van der Waals surface area (Å²) >= 11 is 1.68. The lowest BCUT2D eigenvalue weighted by Crippen LogP contribution is -2.29. The molecule has 3 N–H and O–H groups in total. The van der Waals surface area contributed by atoms with Crippen LogP contribution >= 0.6 is 11.8 Å². The predicted molar refractivity (Wildman–Crippen MR) is 112 cm³/mol. The molecule has 0 aliphatic heterocycles. The highest BCUT2D eigenvalue weighted by Crippen LogP contribution is 2.15. The molecule has 148 valence electrons. The van der Waals surface area contributed by atoms with Gasteiger partial charge in [0.05, 0.1) is 23.8 Å². The summed E-state index contributed by atoms with van der Waals surface area (Å²) in [5.74, 6) is 6.02. The second-order valence-electron chi connectivity index (χ2n) is 5.82. The van der Waals surface area contributed by atoms with Gasteiger partial charge in [0.2, 0.25) is 0 Å². The normalized spacial score (nSPS) is 11.0. The van der Waals surface area contributed by atoms with Crippen LogP contribution in [-0.2, 0) is 18.8 Å². The van der Waals surface area contributed by atoms with E-state index in [0.29, 0.717) is 18.9 Å². The fourth-order valence-electron chi connectivity index (χ4n) is 2.36. The Morgan fingerprint density at radius 2 is 1.96 bits per heavy atom. The molecule has 0 aliphatic carbocycles. The van der Waals surface area contributed by atoms with Gasteiger partial charge in [-0.05, 0) is 17.7 Å². The van der Waals surface area contributed by atoms with Gasteiger partial charge in [0, 0.05) is 18.8 Å². The summed E-state index contributed by atoms with van der Waals surface area (Å²) in [4.78, 5) is 10.1.